The van der Waals surface area contributed by atoms with Gasteiger partial charge >= 0.3 is 0 Å². The number of hydrazone groups is 1. The Balaban J connectivity index is 1.88. The summed E-state index contributed by atoms with van der Waals surface area (Å²) in [4.78, 5) is 16.6. The maximum absolute atomic E-state index is 11.3. The highest BCUT2D eigenvalue weighted by molar-refractivity contribution is 8.24. The second-order valence-electron chi connectivity index (χ2n) is 8.92. The van der Waals surface area contributed by atoms with Gasteiger partial charge < -0.3 is 5.73 Å². The molecule has 0 saturated heterocycles. The van der Waals surface area contributed by atoms with Gasteiger partial charge in [0, 0.05) is 55.0 Å². The lowest BCUT2D eigenvalue weighted by molar-refractivity contribution is 0.385. The zero-order valence-corrected chi connectivity index (χ0v) is 23.4. The normalized spacial score (nSPS) is 19.1. The first-order chi connectivity index (χ1) is 18.0. The second-order valence-corrected chi connectivity index (χ2v) is 10.2. The van der Waals surface area contributed by atoms with Crippen molar-refractivity contribution in [3.63, 3.8) is 0 Å². The highest BCUT2D eigenvalue weighted by Crippen LogP contribution is 2.33. The first-order valence-electron chi connectivity index (χ1n) is 12.6. The van der Waals surface area contributed by atoms with E-state index in [9.17, 15) is 4.79 Å². The number of carbonyl (C=O) groups excluding carboxylic acids is 1. The lowest BCUT2D eigenvalue weighted by atomic mass is 9.82. The number of aryl methyl sites for hydroxylation is 1. The van der Waals surface area contributed by atoms with Crippen molar-refractivity contribution in [2.24, 2.45) is 32.9 Å². The van der Waals surface area contributed by atoms with Gasteiger partial charge in [0.1, 0.15) is 5.04 Å². The molecule has 2 atom stereocenters. The van der Waals surface area contributed by atoms with Gasteiger partial charge in [0.2, 0.25) is 0 Å². The van der Waals surface area contributed by atoms with Crippen LogP contribution in [0.3, 0.4) is 0 Å². The molecule has 1 aliphatic carbocycles. The molecule has 0 spiro atoms. The molecule has 0 bridgehead atoms. The molecule has 1 fully saturated rings. The van der Waals surface area contributed by atoms with Crippen LogP contribution in [-0.2, 0) is 17.6 Å². The minimum Gasteiger partial charge on any atom is -0.327 e. The predicted octanol–water partition coefficient (Wildman–Crippen LogP) is 5.61. The molecule has 1 aliphatic rings. The van der Waals surface area contributed by atoms with Crippen molar-refractivity contribution in [2.75, 3.05) is 6.54 Å². The van der Waals surface area contributed by atoms with E-state index < -0.39 is 0 Å². The number of rotatable bonds is 13. The van der Waals surface area contributed by atoms with Gasteiger partial charge in [0.15, 0.2) is 5.62 Å². The fraction of sp³-hybridized carbons (Fsp3) is 0.429. The van der Waals surface area contributed by atoms with Gasteiger partial charge in [-0.05, 0) is 62.1 Å². The summed E-state index contributed by atoms with van der Waals surface area (Å²) in [5.74, 6) is 0.326. The molecule has 198 valence electrons. The van der Waals surface area contributed by atoms with E-state index in [-0.39, 0.29) is 11.8 Å². The largest absolute Gasteiger partial charge is 0.327 e. The number of pyridine rings is 1. The minimum atomic E-state index is 0.142. The third-order valence-corrected chi connectivity index (χ3v) is 7.16. The van der Waals surface area contributed by atoms with Crippen molar-refractivity contribution in [1.82, 2.24) is 10.4 Å². The second kappa shape index (κ2) is 17.7. The number of allylic oxidation sites excluding steroid dienone is 4. The number of nitrogens with two attached hydrogens (primary N) is 1. The van der Waals surface area contributed by atoms with E-state index in [1.165, 1.54) is 0 Å². The molecule has 1 aromatic rings. The Morgan fingerprint density at radius 2 is 2.08 bits per heavy atom. The lowest BCUT2D eigenvalue weighted by Crippen LogP contribution is -2.31. The maximum atomic E-state index is 11.3. The molecule has 0 aliphatic heterocycles. The van der Waals surface area contributed by atoms with Crippen LogP contribution in [0, 0.1) is 11.8 Å². The monoisotopic (exact) mass is 538 g/mol. The summed E-state index contributed by atoms with van der Waals surface area (Å²) in [5.41, 5.74) is 13.5. The van der Waals surface area contributed by atoms with Crippen molar-refractivity contribution in [2.45, 2.75) is 58.8 Å². The fourth-order valence-corrected chi connectivity index (χ4v) is 4.69. The van der Waals surface area contributed by atoms with Crippen LogP contribution in [0.5, 0.6) is 0 Å². The minimum absolute atomic E-state index is 0.142. The van der Waals surface area contributed by atoms with Crippen molar-refractivity contribution in [3.8, 4) is 0 Å². The van der Waals surface area contributed by atoms with Crippen LogP contribution in [0.1, 0.15) is 57.3 Å². The number of hydrogen-bond donors (Lipinski definition) is 2. The summed E-state index contributed by atoms with van der Waals surface area (Å²) in [6, 6.07) is 6.04. The zero-order valence-electron chi connectivity index (χ0n) is 21.8. The predicted molar refractivity (Wildman–Crippen MR) is 163 cm³/mol. The summed E-state index contributed by atoms with van der Waals surface area (Å²) in [5, 5.41) is 13.6. The molecule has 2 rings (SSSR count). The molecule has 0 radical (unpaired) electrons. The Labute approximate surface area is 230 Å². The fourth-order valence-electron chi connectivity index (χ4n) is 3.82. The van der Waals surface area contributed by atoms with E-state index >= 15 is 0 Å². The zero-order chi connectivity index (χ0) is 26.9. The average Bonchev–Trinajstić information content (AvgIpc) is 2.92. The van der Waals surface area contributed by atoms with Gasteiger partial charge in [-0.15, -0.1) is 5.10 Å². The molecule has 1 aromatic heterocycles. The summed E-state index contributed by atoms with van der Waals surface area (Å²) in [7, 11) is 0. The Kier molecular flexibility index (Phi) is 14.5. The topological polar surface area (TPSA) is 105 Å². The number of carbonyl (C=O) groups is 1. The summed E-state index contributed by atoms with van der Waals surface area (Å²) in [6.45, 7) is 8.62. The van der Waals surface area contributed by atoms with Gasteiger partial charge in [-0.3, -0.25) is 15.2 Å². The van der Waals surface area contributed by atoms with E-state index in [2.05, 4.69) is 39.2 Å². The number of thiocarbonyl (C=S) groups is 1. The molecule has 37 heavy (non-hydrogen) atoms. The number of nitrogens with zero attached hydrogens (tertiary/aromatic N) is 4. The quantitative estimate of drug-likeness (QED) is 0.0844. The van der Waals surface area contributed by atoms with E-state index in [1.54, 1.807) is 12.4 Å². The van der Waals surface area contributed by atoms with Crippen molar-refractivity contribution in [1.29, 1.82) is 0 Å². The summed E-state index contributed by atoms with van der Waals surface area (Å²) < 4.78 is 0. The summed E-state index contributed by atoms with van der Waals surface area (Å²) in [6.07, 6.45) is 15.2. The first-order valence-corrected chi connectivity index (χ1v) is 13.9. The molecular weight excluding hydrogens is 500 g/mol. The Hall–Kier alpha value is -2.75. The van der Waals surface area contributed by atoms with Crippen molar-refractivity contribution in [3.05, 3.63) is 65.5 Å². The highest BCUT2D eigenvalue weighted by atomic mass is 32.2. The Bertz CT molecular complexity index is 1060. The number of thioether (sulfide) groups is 1. The maximum Gasteiger partial charge on any atom is 0.182 e. The Morgan fingerprint density at radius 1 is 1.30 bits per heavy atom. The highest BCUT2D eigenvalue weighted by Gasteiger charge is 2.28. The van der Waals surface area contributed by atoms with E-state index in [4.69, 9.17) is 18.0 Å². The third-order valence-electron chi connectivity index (χ3n) is 5.98. The van der Waals surface area contributed by atoms with Crippen LogP contribution in [0.25, 0.3) is 0 Å². The molecule has 9 heteroatoms. The smallest absolute Gasteiger partial charge is 0.182 e. The standard InChI is InChI=1S/C28H38N6OS2/c1-4-25-12-7-13-26(32-25)15-17-30-33-27(36)23-10-6-11-24(18-23)28(37-20-35)34-31-16-14-21(2)8-5-9-22(3)19-29/h5,7-9,12-13,16-17,20,23-24H,2,4,6,10-11,14-15,18-19,29H2,1,3H3,(H,33,36)/b8-5-,22-9+,30-17+,31-16+,34-28-/t23-,24?/m0/s1. The SMILES string of the molecule is C=C(/C=C\C=C(/C)CN)C/C=N/N=C(\SC=O)C1CCC[C@H](C(=S)N/N=C/Cc2cccc(CC)n2)C1. The molecule has 1 unspecified atom stereocenters. The van der Waals surface area contributed by atoms with E-state index in [0.29, 0.717) is 19.4 Å². The molecule has 7 nitrogen and oxygen atoms in total. The Morgan fingerprint density at radius 3 is 2.84 bits per heavy atom. The lowest BCUT2D eigenvalue weighted by Gasteiger charge is -2.29. The summed E-state index contributed by atoms with van der Waals surface area (Å²) >= 11 is 6.72. The molecule has 1 heterocycles. The number of nitrogens with one attached hydrogen (secondary N) is 1. The van der Waals surface area contributed by atoms with Crippen LogP contribution in [-0.4, -0.2) is 39.6 Å². The van der Waals surface area contributed by atoms with Crippen molar-refractivity contribution < 1.29 is 4.79 Å². The van der Waals surface area contributed by atoms with Gasteiger partial charge in [0.25, 0.3) is 0 Å². The van der Waals surface area contributed by atoms with Crippen LogP contribution in [0.15, 0.2) is 69.5 Å². The molecular formula is C28H38N6OS2. The van der Waals surface area contributed by atoms with Crippen LogP contribution in [0.4, 0.5) is 0 Å². The van der Waals surface area contributed by atoms with Crippen molar-refractivity contribution >= 4 is 52.1 Å². The van der Waals surface area contributed by atoms with Gasteiger partial charge in [-0.25, -0.2) is 0 Å². The molecule has 3 N–H and O–H groups in total. The van der Waals surface area contributed by atoms with E-state index in [0.717, 1.165) is 82.1 Å². The average molecular weight is 539 g/mol. The van der Waals surface area contributed by atoms with Crippen LogP contribution >= 0.6 is 24.0 Å². The first kappa shape index (κ1) is 30.5. The third kappa shape index (κ3) is 11.9. The number of aromatic nitrogens is 1. The molecule has 0 aromatic carbocycles. The van der Waals surface area contributed by atoms with Gasteiger partial charge in [-0.2, -0.15) is 10.2 Å². The van der Waals surface area contributed by atoms with E-state index in [1.807, 2.05) is 43.4 Å². The molecule has 0 amide bonds. The van der Waals surface area contributed by atoms with Gasteiger partial charge in [0.05, 0.1) is 4.99 Å². The van der Waals surface area contributed by atoms with Crippen LogP contribution in [0.2, 0.25) is 0 Å². The van der Waals surface area contributed by atoms with Crippen LogP contribution < -0.4 is 11.2 Å². The van der Waals surface area contributed by atoms with Gasteiger partial charge in [-0.1, -0.05) is 62.0 Å². The number of hydrogen-bond acceptors (Lipinski definition) is 8. The molecule has 1 saturated carbocycles.